The molecule has 4 unspecified atom stereocenters. The van der Waals surface area contributed by atoms with Crippen molar-refractivity contribution in [3.05, 3.63) is 46.0 Å². The van der Waals surface area contributed by atoms with Crippen LogP contribution in [0, 0.1) is 10.1 Å². The molecule has 1 aromatic rings. The molecule has 9 nitrogen and oxygen atoms in total. The number of aliphatic hydroxyl groups is 1. The van der Waals surface area contributed by atoms with E-state index in [0.717, 1.165) is 18.4 Å². The standard InChI is InChI=1S/C17H21NO4.HNO3/c1-18-13-7-11(8-14(18)16-15(13)22-16)21-17(20)12(9-19)10-5-3-2-4-6-10;2-1(3)4/h2-6,11-16,19H,7-9H2,1H3;(H,2,3,4)/t11?,12-,13?,14?,15?,16?;/m1./s1. The SMILES string of the molecule is CN1C2CC(OC(=O)[C@H](CO)c3ccccc3)CC1C1OC12.O=[N+]([O-])O. The predicted octanol–water partition coefficient (Wildman–Crippen LogP) is 0.570. The number of hydrogen-bond acceptors (Lipinski definition) is 7. The summed E-state index contributed by atoms with van der Waals surface area (Å²) in [6.07, 6.45) is 2.26. The molecule has 3 fully saturated rings. The van der Waals surface area contributed by atoms with Crippen LogP contribution >= 0.6 is 0 Å². The quantitative estimate of drug-likeness (QED) is 0.343. The van der Waals surface area contributed by atoms with Gasteiger partial charge in [0.05, 0.1) is 6.61 Å². The summed E-state index contributed by atoms with van der Waals surface area (Å²) in [6, 6.07) is 10.1. The van der Waals surface area contributed by atoms with Crippen LogP contribution in [0.25, 0.3) is 0 Å². The molecule has 26 heavy (non-hydrogen) atoms. The Labute approximate surface area is 150 Å². The van der Waals surface area contributed by atoms with Gasteiger partial charge in [0.1, 0.15) is 24.2 Å². The van der Waals surface area contributed by atoms with Crippen LogP contribution in [0.5, 0.6) is 0 Å². The third kappa shape index (κ3) is 3.79. The van der Waals surface area contributed by atoms with Gasteiger partial charge in [-0.1, -0.05) is 30.3 Å². The Hall–Kier alpha value is -2.23. The Balaban J connectivity index is 0.000000447. The lowest BCUT2D eigenvalue weighted by Crippen LogP contribution is -2.48. The lowest BCUT2D eigenvalue weighted by Gasteiger charge is -2.38. The third-order valence-corrected chi connectivity index (χ3v) is 5.33. The minimum absolute atomic E-state index is 0.0622. The summed E-state index contributed by atoms with van der Waals surface area (Å²) in [7, 11) is 2.13. The van der Waals surface area contributed by atoms with E-state index in [4.69, 9.17) is 24.8 Å². The fourth-order valence-corrected chi connectivity index (χ4v) is 4.04. The summed E-state index contributed by atoms with van der Waals surface area (Å²) in [4.78, 5) is 23.1. The first-order valence-electron chi connectivity index (χ1n) is 8.49. The van der Waals surface area contributed by atoms with Crippen LogP contribution in [0.4, 0.5) is 0 Å². The van der Waals surface area contributed by atoms with Crippen LogP contribution in [0.3, 0.4) is 0 Å². The Morgan fingerprint density at radius 2 is 1.88 bits per heavy atom. The number of rotatable bonds is 4. The van der Waals surface area contributed by atoms with Crippen LogP contribution in [-0.4, -0.2) is 70.3 Å². The number of nitrogens with zero attached hydrogens (tertiary/aromatic N) is 2. The molecule has 4 rings (SSSR count). The summed E-state index contributed by atoms with van der Waals surface area (Å²) in [5.74, 6) is -0.915. The maximum atomic E-state index is 12.4. The minimum Gasteiger partial charge on any atom is -0.462 e. The maximum absolute atomic E-state index is 12.4. The highest BCUT2D eigenvalue weighted by Gasteiger charge is 2.62. The van der Waals surface area contributed by atoms with Gasteiger partial charge in [-0.2, -0.15) is 0 Å². The van der Waals surface area contributed by atoms with Crippen molar-refractivity contribution in [1.29, 1.82) is 0 Å². The number of piperidine rings is 1. The molecule has 3 aliphatic heterocycles. The highest BCUT2D eigenvalue weighted by molar-refractivity contribution is 5.78. The van der Waals surface area contributed by atoms with E-state index in [1.54, 1.807) is 0 Å². The van der Waals surface area contributed by atoms with Crippen LogP contribution < -0.4 is 0 Å². The molecule has 142 valence electrons. The van der Waals surface area contributed by atoms with Gasteiger partial charge < -0.3 is 19.8 Å². The smallest absolute Gasteiger partial charge is 0.316 e. The molecule has 3 saturated heterocycles. The first-order valence-corrected chi connectivity index (χ1v) is 8.49. The van der Waals surface area contributed by atoms with Gasteiger partial charge in [-0.15, -0.1) is 10.1 Å². The van der Waals surface area contributed by atoms with Crippen molar-refractivity contribution < 1.29 is 29.7 Å². The molecule has 2 bridgehead atoms. The van der Waals surface area contributed by atoms with E-state index in [-0.39, 0.29) is 18.7 Å². The van der Waals surface area contributed by atoms with Crippen molar-refractivity contribution in [2.45, 2.75) is 49.2 Å². The highest BCUT2D eigenvalue weighted by atomic mass is 16.9. The highest BCUT2D eigenvalue weighted by Crippen LogP contribution is 2.48. The van der Waals surface area contributed by atoms with Crippen molar-refractivity contribution >= 4 is 5.97 Å². The van der Waals surface area contributed by atoms with Gasteiger partial charge in [-0.05, 0) is 12.6 Å². The van der Waals surface area contributed by atoms with Crippen LogP contribution in [0.2, 0.25) is 0 Å². The average molecular weight is 366 g/mol. The monoisotopic (exact) mass is 366 g/mol. The zero-order valence-electron chi connectivity index (χ0n) is 14.3. The lowest BCUT2D eigenvalue weighted by atomic mass is 9.97. The largest absolute Gasteiger partial charge is 0.462 e. The molecule has 1 aromatic carbocycles. The van der Waals surface area contributed by atoms with Crippen molar-refractivity contribution in [3.8, 4) is 0 Å². The summed E-state index contributed by atoms with van der Waals surface area (Å²) in [5.41, 5.74) is 0.803. The van der Waals surface area contributed by atoms with E-state index in [0.29, 0.717) is 24.3 Å². The van der Waals surface area contributed by atoms with E-state index in [2.05, 4.69) is 11.9 Å². The predicted molar refractivity (Wildman–Crippen MR) is 88.2 cm³/mol. The van der Waals surface area contributed by atoms with Gasteiger partial charge in [0.15, 0.2) is 0 Å². The molecule has 0 spiro atoms. The van der Waals surface area contributed by atoms with Gasteiger partial charge in [0, 0.05) is 24.9 Å². The van der Waals surface area contributed by atoms with E-state index in [9.17, 15) is 9.90 Å². The Kier molecular flexibility index (Phi) is 5.40. The topological polar surface area (TPSA) is 126 Å². The Morgan fingerprint density at radius 3 is 2.38 bits per heavy atom. The van der Waals surface area contributed by atoms with E-state index in [1.807, 2.05) is 30.3 Å². The minimum atomic E-state index is -1.50. The molecular formula is C17H22N2O7. The summed E-state index contributed by atoms with van der Waals surface area (Å²) in [5, 5.41) is 23.2. The number of morpholine rings is 1. The number of esters is 1. The number of epoxide rings is 1. The number of likely N-dealkylation sites (N-methyl/N-ethyl adjacent to an activating group) is 1. The number of aliphatic hydroxyl groups excluding tert-OH is 1. The average Bonchev–Trinajstić information content (AvgIpc) is 3.34. The second-order valence-electron chi connectivity index (χ2n) is 6.78. The molecule has 3 aliphatic rings. The van der Waals surface area contributed by atoms with Gasteiger partial charge in [0.2, 0.25) is 0 Å². The maximum Gasteiger partial charge on any atom is 0.316 e. The van der Waals surface area contributed by atoms with Crippen molar-refractivity contribution in [1.82, 2.24) is 4.90 Å². The van der Waals surface area contributed by atoms with Gasteiger partial charge in [-0.25, -0.2) is 0 Å². The zero-order chi connectivity index (χ0) is 18.8. The van der Waals surface area contributed by atoms with Crippen molar-refractivity contribution in [3.63, 3.8) is 0 Å². The number of carbonyl (C=O) groups excluding carboxylic acids is 1. The van der Waals surface area contributed by atoms with Crippen LogP contribution in [-0.2, 0) is 14.3 Å². The fraction of sp³-hybridized carbons (Fsp3) is 0.588. The van der Waals surface area contributed by atoms with Crippen LogP contribution in [0.15, 0.2) is 30.3 Å². The summed E-state index contributed by atoms with van der Waals surface area (Å²) in [6.45, 7) is -0.226. The molecule has 2 N–H and O–H groups in total. The zero-order valence-corrected chi connectivity index (χ0v) is 14.3. The summed E-state index contributed by atoms with van der Waals surface area (Å²) < 4.78 is 11.4. The molecule has 0 amide bonds. The molecule has 9 heteroatoms. The van der Waals surface area contributed by atoms with Crippen molar-refractivity contribution in [2.24, 2.45) is 0 Å². The van der Waals surface area contributed by atoms with E-state index < -0.39 is 11.0 Å². The first-order chi connectivity index (χ1) is 12.4. The van der Waals surface area contributed by atoms with Gasteiger partial charge in [0.25, 0.3) is 5.09 Å². The lowest BCUT2D eigenvalue weighted by molar-refractivity contribution is -0.742. The molecule has 0 radical (unpaired) electrons. The second-order valence-corrected chi connectivity index (χ2v) is 6.78. The van der Waals surface area contributed by atoms with E-state index in [1.165, 1.54) is 0 Å². The molecule has 3 heterocycles. The first kappa shape index (κ1) is 18.6. The third-order valence-electron chi connectivity index (χ3n) is 5.33. The number of ether oxygens (including phenoxy) is 2. The Morgan fingerprint density at radius 1 is 1.35 bits per heavy atom. The van der Waals surface area contributed by atoms with Crippen LogP contribution in [0.1, 0.15) is 24.3 Å². The molecule has 5 atom stereocenters. The van der Waals surface area contributed by atoms with Gasteiger partial charge in [-0.3, -0.25) is 9.69 Å². The van der Waals surface area contributed by atoms with E-state index >= 15 is 0 Å². The second kappa shape index (κ2) is 7.56. The fourth-order valence-electron chi connectivity index (χ4n) is 4.04. The molecule has 0 aliphatic carbocycles. The molecular weight excluding hydrogens is 344 g/mol. The molecule has 0 saturated carbocycles. The number of fused-ring (bicyclic) bond motifs is 5. The summed E-state index contributed by atoms with van der Waals surface area (Å²) >= 11 is 0. The number of carbonyl (C=O) groups is 1. The normalized spacial score (nSPS) is 32.6. The molecule has 0 aromatic heterocycles. The van der Waals surface area contributed by atoms with Gasteiger partial charge >= 0.3 is 5.97 Å². The number of benzene rings is 1. The number of hydrogen-bond donors (Lipinski definition) is 2. The van der Waals surface area contributed by atoms with Crippen molar-refractivity contribution in [2.75, 3.05) is 13.7 Å². The Bertz CT molecular complexity index is 634.